The van der Waals surface area contributed by atoms with Crippen molar-refractivity contribution in [2.75, 3.05) is 19.5 Å². The summed E-state index contributed by atoms with van der Waals surface area (Å²) in [5, 5.41) is 1.66. The van der Waals surface area contributed by atoms with Gasteiger partial charge in [0.2, 0.25) is 10.0 Å². The van der Waals surface area contributed by atoms with Crippen LogP contribution in [0.4, 0.5) is 30.7 Å². The number of ether oxygens (including phenoxy) is 2. The summed E-state index contributed by atoms with van der Waals surface area (Å²) in [6.07, 6.45) is -12.1. The first-order chi connectivity index (χ1) is 19.4. The minimum absolute atomic E-state index is 0.0781. The molecule has 0 bridgehead atoms. The number of sulfonamides is 1. The molecule has 2 amide bonds. The third-order valence-corrected chi connectivity index (χ3v) is 6.63. The highest BCUT2D eigenvalue weighted by atomic mass is 32.2. The molecule has 0 saturated heterocycles. The van der Waals surface area contributed by atoms with Gasteiger partial charge in [0, 0.05) is 24.5 Å². The molecule has 2 N–H and O–H groups in total. The van der Waals surface area contributed by atoms with E-state index in [1.54, 1.807) is 17.0 Å². The zero-order valence-corrected chi connectivity index (χ0v) is 22.9. The predicted molar refractivity (Wildman–Crippen MR) is 135 cm³/mol. The second-order valence-electron chi connectivity index (χ2n) is 9.26. The Labute approximate surface area is 235 Å². The van der Waals surface area contributed by atoms with Gasteiger partial charge < -0.3 is 14.8 Å². The molecular formula is C26H25F7N2O6S. The molecule has 3 rings (SSSR count). The quantitative estimate of drug-likeness (QED) is 0.224. The Kier molecular flexibility index (Phi) is 9.49. The first kappa shape index (κ1) is 32.7. The summed E-state index contributed by atoms with van der Waals surface area (Å²) in [7, 11) is -4.25. The molecule has 1 unspecified atom stereocenters. The van der Waals surface area contributed by atoms with Gasteiger partial charge in [0.25, 0.3) is 11.8 Å². The molecule has 230 valence electrons. The number of hydrogen-bond donors (Lipinski definition) is 2. The summed E-state index contributed by atoms with van der Waals surface area (Å²) in [5.41, 5.74) is -6.06. The Morgan fingerprint density at radius 1 is 1.02 bits per heavy atom. The van der Waals surface area contributed by atoms with Crippen LogP contribution in [0.25, 0.3) is 5.57 Å². The van der Waals surface area contributed by atoms with Gasteiger partial charge >= 0.3 is 12.4 Å². The fourth-order valence-corrected chi connectivity index (χ4v) is 4.74. The van der Waals surface area contributed by atoms with Crippen LogP contribution >= 0.6 is 0 Å². The third-order valence-electron chi connectivity index (χ3n) is 6.07. The average molecular weight is 627 g/mol. The number of nitrogens with one attached hydrogen (secondary N) is 2. The number of carbonyl (C=O) groups is 2. The standard InChI is InChI=1S/C26H25F7N2O6S/c1-3-40-16-7-5-15(6-8-16)18-14-24(26(31,32)33,34-22(36)21(18)23(37)35-42(2,38)39)19-10-9-17(13-20(19)27)41-12-4-11-25(28,29)30/h5-10,13H,3-4,11-12,14H2,1-2H3,(H,34,36)(H,35,37). The maximum absolute atomic E-state index is 15.3. The Hall–Kier alpha value is -3.82. The van der Waals surface area contributed by atoms with Crippen molar-refractivity contribution >= 4 is 27.4 Å². The maximum atomic E-state index is 15.3. The Morgan fingerprint density at radius 2 is 1.64 bits per heavy atom. The Bertz CT molecular complexity index is 1470. The number of rotatable bonds is 10. The van der Waals surface area contributed by atoms with E-state index in [-0.39, 0.29) is 17.9 Å². The van der Waals surface area contributed by atoms with Crippen LogP contribution in [-0.2, 0) is 25.2 Å². The number of amides is 2. The third kappa shape index (κ3) is 7.72. The summed E-state index contributed by atoms with van der Waals surface area (Å²) in [6.45, 7) is 1.44. The van der Waals surface area contributed by atoms with Crippen LogP contribution in [0.3, 0.4) is 0 Å². The smallest absolute Gasteiger partial charge is 0.416 e. The second kappa shape index (κ2) is 12.2. The van der Waals surface area contributed by atoms with Gasteiger partial charge in [0.1, 0.15) is 22.9 Å². The fourth-order valence-electron chi connectivity index (χ4n) is 4.30. The van der Waals surface area contributed by atoms with E-state index < -0.39 is 88.1 Å². The molecular weight excluding hydrogens is 601 g/mol. The molecule has 1 atom stereocenters. The molecule has 8 nitrogen and oxygen atoms in total. The van der Waals surface area contributed by atoms with Gasteiger partial charge in [-0.2, -0.15) is 26.3 Å². The van der Waals surface area contributed by atoms with Crippen LogP contribution in [0.5, 0.6) is 11.5 Å². The van der Waals surface area contributed by atoms with E-state index in [1.807, 2.05) is 0 Å². The van der Waals surface area contributed by atoms with Crippen LogP contribution in [0.2, 0.25) is 0 Å². The Balaban J connectivity index is 2.11. The number of benzene rings is 2. The summed E-state index contributed by atoms with van der Waals surface area (Å²) in [6, 6.07) is 7.31. The second-order valence-corrected chi connectivity index (χ2v) is 11.0. The van der Waals surface area contributed by atoms with Gasteiger partial charge in [-0.1, -0.05) is 12.1 Å². The number of halogens is 7. The van der Waals surface area contributed by atoms with Crippen molar-refractivity contribution in [2.24, 2.45) is 0 Å². The molecule has 1 aliphatic heterocycles. The Morgan fingerprint density at radius 3 is 2.17 bits per heavy atom. The van der Waals surface area contributed by atoms with Crippen molar-refractivity contribution in [3.8, 4) is 11.5 Å². The highest BCUT2D eigenvalue weighted by Crippen LogP contribution is 2.49. The lowest BCUT2D eigenvalue weighted by atomic mass is 9.76. The van der Waals surface area contributed by atoms with E-state index in [0.717, 1.165) is 6.07 Å². The lowest BCUT2D eigenvalue weighted by molar-refractivity contribution is -0.202. The van der Waals surface area contributed by atoms with Gasteiger partial charge in [-0.3, -0.25) is 9.59 Å². The van der Waals surface area contributed by atoms with E-state index in [9.17, 15) is 44.3 Å². The van der Waals surface area contributed by atoms with Crippen LogP contribution in [0.1, 0.15) is 37.3 Å². The highest BCUT2D eigenvalue weighted by molar-refractivity contribution is 7.89. The first-order valence-electron chi connectivity index (χ1n) is 12.2. The van der Waals surface area contributed by atoms with Gasteiger partial charge in [0.05, 0.1) is 19.5 Å². The number of alkyl halides is 6. The summed E-state index contributed by atoms with van der Waals surface area (Å²) >= 11 is 0. The lowest BCUT2D eigenvalue weighted by Crippen LogP contribution is -2.60. The molecule has 1 heterocycles. The largest absolute Gasteiger partial charge is 0.494 e. The number of carbonyl (C=O) groups excluding carboxylic acids is 2. The molecule has 2 aromatic rings. The monoisotopic (exact) mass is 626 g/mol. The van der Waals surface area contributed by atoms with Crippen LogP contribution in [0.15, 0.2) is 48.0 Å². The average Bonchev–Trinajstić information content (AvgIpc) is 2.84. The van der Waals surface area contributed by atoms with Crippen molar-refractivity contribution in [3.05, 3.63) is 65.0 Å². The minimum Gasteiger partial charge on any atom is -0.494 e. The normalized spacial score (nSPS) is 18.0. The molecule has 42 heavy (non-hydrogen) atoms. The minimum atomic E-state index is -5.37. The van der Waals surface area contributed by atoms with Crippen molar-refractivity contribution in [3.63, 3.8) is 0 Å². The molecule has 16 heteroatoms. The molecule has 1 aliphatic rings. The zero-order valence-electron chi connectivity index (χ0n) is 22.1. The van der Waals surface area contributed by atoms with Crippen molar-refractivity contribution < 1.29 is 58.2 Å². The lowest BCUT2D eigenvalue weighted by Gasteiger charge is -2.41. The first-order valence-corrected chi connectivity index (χ1v) is 14.1. The van der Waals surface area contributed by atoms with Crippen molar-refractivity contribution in [2.45, 2.75) is 44.1 Å². The van der Waals surface area contributed by atoms with E-state index in [0.29, 0.717) is 24.1 Å². The van der Waals surface area contributed by atoms with Gasteiger partial charge in [0.15, 0.2) is 5.54 Å². The summed E-state index contributed by atoms with van der Waals surface area (Å²) in [4.78, 5) is 26.0. The molecule has 0 aliphatic carbocycles. The molecule has 0 spiro atoms. The molecule has 0 aromatic heterocycles. The van der Waals surface area contributed by atoms with E-state index in [1.165, 1.54) is 24.3 Å². The van der Waals surface area contributed by atoms with E-state index >= 15 is 4.39 Å². The summed E-state index contributed by atoms with van der Waals surface area (Å²) < 4.78 is 132. The van der Waals surface area contributed by atoms with Crippen LogP contribution < -0.4 is 19.5 Å². The zero-order chi connectivity index (χ0) is 31.5. The summed E-state index contributed by atoms with van der Waals surface area (Å²) in [5.74, 6) is -4.68. The van der Waals surface area contributed by atoms with Crippen LogP contribution in [0, 0.1) is 5.82 Å². The molecule has 0 radical (unpaired) electrons. The molecule has 0 fully saturated rings. The fraction of sp³-hybridized carbons (Fsp3) is 0.385. The number of hydrogen-bond acceptors (Lipinski definition) is 6. The topological polar surface area (TPSA) is 111 Å². The van der Waals surface area contributed by atoms with Crippen molar-refractivity contribution in [1.82, 2.24) is 10.0 Å². The van der Waals surface area contributed by atoms with Gasteiger partial charge in [-0.15, -0.1) is 0 Å². The van der Waals surface area contributed by atoms with Crippen LogP contribution in [-0.4, -0.2) is 52.1 Å². The van der Waals surface area contributed by atoms with Gasteiger partial charge in [-0.25, -0.2) is 17.5 Å². The molecule has 2 aromatic carbocycles. The van der Waals surface area contributed by atoms with E-state index in [2.05, 4.69) is 0 Å². The maximum Gasteiger partial charge on any atom is 0.416 e. The SMILES string of the molecule is CCOc1ccc(C2=C(C(=O)NS(C)(=O)=O)C(=O)NC(c3ccc(OCCCC(F)(F)F)cc3F)(C(F)(F)F)C2)cc1. The van der Waals surface area contributed by atoms with Crippen molar-refractivity contribution in [1.29, 1.82) is 0 Å². The molecule has 0 saturated carbocycles. The predicted octanol–water partition coefficient (Wildman–Crippen LogP) is 4.75. The van der Waals surface area contributed by atoms with E-state index in [4.69, 9.17) is 9.47 Å². The highest BCUT2D eigenvalue weighted by Gasteiger charge is 2.61. The van der Waals surface area contributed by atoms with Gasteiger partial charge in [-0.05, 0) is 48.7 Å².